The van der Waals surface area contributed by atoms with Gasteiger partial charge in [-0.3, -0.25) is 4.79 Å². The molecule has 0 atom stereocenters. The molecule has 1 N–H and O–H groups in total. The van der Waals surface area contributed by atoms with Crippen LogP contribution in [0.2, 0.25) is 5.02 Å². The Morgan fingerprint density at radius 3 is 2.72 bits per heavy atom. The molecule has 1 aliphatic rings. The molecule has 146 valence electrons. The highest BCUT2D eigenvalue weighted by Gasteiger charge is 2.16. The summed E-state index contributed by atoms with van der Waals surface area (Å²) in [6.45, 7) is 0.934. The highest BCUT2D eigenvalue weighted by molar-refractivity contribution is 8.00. The topological polar surface area (TPSA) is 84.2 Å². The number of amides is 1. The Kier molecular flexibility index (Phi) is 5.43. The number of carbonyl (C=O) groups is 1. The third-order valence-corrected chi connectivity index (χ3v) is 5.39. The molecule has 0 spiro atoms. The van der Waals surface area contributed by atoms with E-state index in [0.29, 0.717) is 46.5 Å². The van der Waals surface area contributed by atoms with Crippen molar-refractivity contribution >= 4 is 45.9 Å². The van der Waals surface area contributed by atoms with Crippen molar-refractivity contribution in [1.82, 2.24) is 4.98 Å². The molecule has 0 radical (unpaired) electrons. The summed E-state index contributed by atoms with van der Waals surface area (Å²) in [6.07, 6.45) is 0. The fraction of sp³-hybridized carbons (Fsp3) is 0.150. The molecule has 1 amide bonds. The number of ether oxygens (including phenoxy) is 2. The van der Waals surface area contributed by atoms with E-state index in [1.807, 2.05) is 0 Å². The van der Waals surface area contributed by atoms with Crippen LogP contribution in [0.3, 0.4) is 0 Å². The zero-order chi connectivity index (χ0) is 20.4. The minimum Gasteiger partial charge on any atom is -0.486 e. The number of halogens is 2. The summed E-state index contributed by atoms with van der Waals surface area (Å²) in [5.41, 5.74) is 1.39. The van der Waals surface area contributed by atoms with Crippen molar-refractivity contribution in [2.24, 2.45) is 0 Å². The van der Waals surface area contributed by atoms with E-state index < -0.39 is 5.82 Å². The molecule has 4 rings (SSSR count). The van der Waals surface area contributed by atoms with Crippen LogP contribution in [-0.4, -0.2) is 29.9 Å². The number of benzene rings is 2. The van der Waals surface area contributed by atoms with Crippen LogP contribution < -0.4 is 14.8 Å². The summed E-state index contributed by atoms with van der Waals surface area (Å²) in [5.74, 6) is 0.350. The number of rotatable bonds is 4. The zero-order valence-corrected chi connectivity index (χ0v) is 16.4. The van der Waals surface area contributed by atoms with Crippen LogP contribution in [0.15, 0.2) is 41.4 Å². The SMILES string of the molecule is N#Cc1cc2cc3c(cc2nc1SCC(=O)Nc1ccc(F)c(Cl)c1)OCCO3. The van der Waals surface area contributed by atoms with Gasteiger partial charge >= 0.3 is 0 Å². The Bertz CT molecular complexity index is 1170. The van der Waals surface area contributed by atoms with Crippen molar-refractivity contribution in [2.75, 3.05) is 24.3 Å². The van der Waals surface area contributed by atoms with Crippen molar-refractivity contribution in [3.8, 4) is 17.6 Å². The number of fused-ring (bicyclic) bond motifs is 2. The van der Waals surface area contributed by atoms with E-state index in [9.17, 15) is 14.4 Å². The first-order valence-electron chi connectivity index (χ1n) is 8.55. The molecule has 6 nitrogen and oxygen atoms in total. The maximum atomic E-state index is 13.2. The summed E-state index contributed by atoms with van der Waals surface area (Å²) in [6, 6.07) is 11.3. The number of pyridine rings is 1. The van der Waals surface area contributed by atoms with E-state index >= 15 is 0 Å². The number of nitriles is 1. The number of thioether (sulfide) groups is 1. The number of aromatic nitrogens is 1. The summed E-state index contributed by atoms with van der Waals surface area (Å²) in [7, 11) is 0. The van der Waals surface area contributed by atoms with Crippen molar-refractivity contribution in [3.63, 3.8) is 0 Å². The molecule has 0 bridgehead atoms. The Labute approximate surface area is 174 Å². The number of hydrogen-bond acceptors (Lipinski definition) is 6. The summed E-state index contributed by atoms with van der Waals surface area (Å²) >= 11 is 6.85. The van der Waals surface area contributed by atoms with Crippen molar-refractivity contribution in [2.45, 2.75) is 5.03 Å². The third kappa shape index (κ3) is 4.21. The smallest absolute Gasteiger partial charge is 0.234 e. The fourth-order valence-corrected chi connectivity index (χ4v) is 3.73. The highest BCUT2D eigenvalue weighted by Crippen LogP contribution is 2.35. The van der Waals surface area contributed by atoms with Gasteiger partial charge < -0.3 is 14.8 Å². The number of hydrogen-bond donors (Lipinski definition) is 1. The van der Waals surface area contributed by atoms with Gasteiger partial charge in [-0.1, -0.05) is 23.4 Å². The molecular weight excluding hydrogens is 417 g/mol. The first kappa shape index (κ1) is 19.3. The van der Waals surface area contributed by atoms with Gasteiger partial charge in [-0.25, -0.2) is 9.37 Å². The molecule has 0 saturated heterocycles. The average Bonchev–Trinajstić information content (AvgIpc) is 2.72. The molecule has 0 saturated carbocycles. The quantitative estimate of drug-likeness (QED) is 0.619. The highest BCUT2D eigenvalue weighted by atomic mass is 35.5. The van der Waals surface area contributed by atoms with Gasteiger partial charge in [0, 0.05) is 17.1 Å². The van der Waals surface area contributed by atoms with Crippen molar-refractivity contribution in [1.29, 1.82) is 5.26 Å². The van der Waals surface area contributed by atoms with E-state index in [1.54, 1.807) is 18.2 Å². The van der Waals surface area contributed by atoms with Crippen LogP contribution in [0.4, 0.5) is 10.1 Å². The summed E-state index contributed by atoms with van der Waals surface area (Å²) in [4.78, 5) is 16.7. The number of nitrogens with zero attached hydrogens (tertiary/aromatic N) is 2. The Hall–Kier alpha value is -3.02. The molecule has 1 aromatic heterocycles. The maximum Gasteiger partial charge on any atom is 0.234 e. The molecule has 0 unspecified atom stereocenters. The van der Waals surface area contributed by atoms with Gasteiger partial charge in [0.25, 0.3) is 0 Å². The normalized spacial score (nSPS) is 12.4. The number of carbonyl (C=O) groups excluding carboxylic acids is 1. The van der Waals surface area contributed by atoms with E-state index in [1.165, 1.54) is 18.2 Å². The van der Waals surface area contributed by atoms with Crippen LogP contribution in [0, 0.1) is 17.1 Å². The Balaban J connectivity index is 1.52. The lowest BCUT2D eigenvalue weighted by molar-refractivity contribution is -0.113. The molecule has 0 fully saturated rings. The van der Waals surface area contributed by atoms with E-state index in [2.05, 4.69) is 16.4 Å². The summed E-state index contributed by atoms with van der Waals surface area (Å²) < 4.78 is 24.3. The van der Waals surface area contributed by atoms with Gasteiger partial charge in [0.2, 0.25) is 5.91 Å². The molecule has 2 heterocycles. The van der Waals surface area contributed by atoms with E-state index in [0.717, 1.165) is 17.1 Å². The van der Waals surface area contributed by atoms with Gasteiger partial charge in [0.05, 0.1) is 21.9 Å². The monoisotopic (exact) mass is 429 g/mol. The van der Waals surface area contributed by atoms with E-state index in [-0.39, 0.29) is 16.7 Å². The first-order chi connectivity index (χ1) is 14.0. The minimum absolute atomic E-state index is 0.0206. The Morgan fingerprint density at radius 2 is 2.00 bits per heavy atom. The van der Waals surface area contributed by atoms with Crippen LogP contribution in [0.25, 0.3) is 10.9 Å². The first-order valence-corrected chi connectivity index (χ1v) is 9.92. The molecule has 3 aromatic rings. The van der Waals surface area contributed by atoms with Gasteiger partial charge in [-0.05, 0) is 30.3 Å². The molecule has 9 heteroatoms. The molecule has 1 aliphatic heterocycles. The third-order valence-electron chi connectivity index (χ3n) is 4.11. The summed E-state index contributed by atoms with van der Waals surface area (Å²) in [5, 5.41) is 13.2. The second kappa shape index (κ2) is 8.15. The Morgan fingerprint density at radius 1 is 1.24 bits per heavy atom. The van der Waals surface area contributed by atoms with Gasteiger partial charge in [0.1, 0.15) is 30.1 Å². The lowest BCUT2D eigenvalue weighted by Gasteiger charge is -2.18. The van der Waals surface area contributed by atoms with Crippen LogP contribution in [0.5, 0.6) is 11.5 Å². The van der Waals surface area contributed by atoms with Crippen molar-refractivity contribution in [3.05, 3.63) is 52.8 Å². The van der Waals surface area contributed by atoms with Crippen LogP contribution >= 0.6 is 23.4 Å². The molecule has 29 heavy (non-hydrogen) atoms. The lowest BCUT2D eigenvalue weighted by Crippen LogP contribution is -2.15. The molecular formula is C20H13ClFN3O3S. The lowest BCUT2D eigenvalue weighted by atomic mass is 10.1. The second-order valence-corrected chi connectivity index (χ2v) is 7.48. The zero-order valence-electron chi connectivity index (χ0n) is 14.9. The van der Waals surface area contributed by atoms with Gasteiger partial charge in [-0.15, -0.1) is 0 Å². The number of anilines is 1. The number of nitrogens with one attached hydrogen (secondary N) is 1. The predicted octanol–water partition coefficient (Wildman–Crippen LogP) is 4.40. The van der Waals surface area contributed by atoms with Gasteiger partial charge in [0.15, 0.2) is 11.5 Å². The predicted molar refractivity (Wildman–Crippen MR) is 108 cm³/mol. The fourth-order valence-electron chi connectivity index (χ4n) is 2.79. The van der Waals surface area contributed by atoms with Crippen LogP contribution in [0.1, 0.15) is 5.56 Å². The molecule has 2 aromatic carbocycles. The minimum atomic E-state index is -0.561. The van der Waals surface area contributed by atoms with Crippen LogP contribution in [-0.2, 0) is 4.79 Å². The van der Waals surface area contributed by atoms with Gasteiger partial charge in [-0.2, -0.15) is 5.26 Å². The second-order valence-electron chi connectivity index (χ2n) is 6.11. The van der Waals surface area contributed by atoms with E-state index in [4.69, 9.17) is 21.1 Å². The largest absolute Gasteiger partial charge is 0.486 e. The standard InChI is InChI=1S/C20H13ClFN3O3S/c21-14-7-13(1-2-15(14)22)24-19(26)10-29-20-12(9-23)5-11-6-17-18(8-16(11)25-20)28-4-3-27-17/h1-2,5-8H,3-4,10H2,(H,24,26). The molecule has 0 aliphatic carbocycles. The maximum absolute atomic E-state index is 13.2. The average molecular weight is 430 g/mol. The van der Waals surface area contributed by atoms with Crippen molar-refractivity contribution < 1.29 is 18.7 Å².